The summed E-state index contributed by atoms with van der Waals surface area (Å²) in [7, 11) is 0. The van der Waals surface area contributed by atoms with Crippen LogP contribution in [0.5, 0.6) is 0 Å². The maximum absolute atomic E-state index is 2.52. The topological polar surface area (TPSA) is 4.93 Å². The Kier molecular flexibility index (Phi) is 2.50. The monoisotopic (exact) mass is 261 g/mol. The first kappa shape index (κ1) is 11.8. The predicted molar refractivity (Wildman–Crippen MR) is 85.2 cm³/mol. The second-order valence-electron chi connectivity index (χ2n) is 5.90. The van der Waals surface area contributed by atoms with Crippen molar-refractivity contribution in [2.24, 2.45) is 0 Å². The standard InChI is InChI=1S/C19H19N/c1-13-11-16-9-6-10-20-14(2)18(17(12-13)19(16)20)15-7-4-3-5-8-15/h3-5,7-8,11-12H,6,9-10H2,1-2H3. The molecule has 0 fully saturated rings. The van der Waals surface area contributed by atoms with Gasteiger partial charge < -0.3 is 4.57 Å². The van der Waals surface area contributed by atoms with Crippen LogP contribution in [0.4, 0.5) is 0 Å². The Morgan fingerprint density at radius 1 is 1.00 bits per heavy atom. The molecule has 0 amide bonds. The van der Waals surface area contributed by atoms with Crippen molar-refractivity contribution in [3.8, 4) is 11.1 Å². The minimum atomic E-state index is 1.16. The molecule has 0 saturated heterocycles. The maximum atomic E-state index is 2.52. The fraction of sp³-hybridized carbons (Fsp3) is 0.263. The summed E-state index contributed by atoms with van der Waals surface area (Å²) in [6.45, 7) is 5.64. The number of aromatic nitrogens is 1. The molecule has 0 unspecified atom stereocenters. The van der Waals surface area contributed by atoms with Crippen molar-refractivity contribution in [3.63, 3.8) is 0 Å². The summed E-state index contributed by atoms with van der Waals surface area (Å²) in [5.41, 5.74) is 8.55. The van der Waals surface area contributed by atoms with E-state index in [0.29, 0.717) is 0 Å². The van der Waals surface area contributed by atoms with E-state index in [-0.39, 0.29) is 0 Å². The van der Waals surface area contributed by atoms with E-state index < -0.39 is 0 Å². The number of nitrogens with zero attached hydrogens (tertiary/aromatic N) is 1. The van der Waals surface area contributed by atoms with Gasteiger partial charge in [-0.05, 0) is 43.9 Å². The Labute approximate surface area is 119 Å². The molecule has 0 aliphatic carbocycles. The number of hydrogen-bond donors (Lipinski definition) is 0. The molecule has 1 aliphatic heterocycles. The molecule has 1 aromatic heterocycles. The number of benzene rings is 2. The van der Waals surface area contributed by atoms with Crippen LogP contribution in [0.25, 0.3) is 22.0 Å². The second-order valence-corrected chi connectivity index (χ2v) is 5.90. The van der Waals surface area contributed by atoms with Crippen LogP contribution in [0.3, 0.4) is 0 Å². The van der Waals surface area contributed by atoms with Crippen molar-refractivity contribution in [1.82, 2.24) is 4.57 Å². The predicted octanol–water partition coefficient (Wildman–Crippen LogP) is 4.87. The SMILES string of the molecule is Cc1cc2c3c(c1)c(-c1ccccc1)c(C)n3CCC2. The molecular formula is C19H19N. The third-order valence-corrected chi connectivity index (χ3v) is 4.53. The van der Waals surface area contributed by atoms with Crippen molar-refractivity contribution in [3.05, 3.63) is 59.3 Å². The van der Waals surface area contributed by atoms with E-state index >= 15 is 0 Å². The first-order valence-corrected chi connectivity index (χ1v) is 7.43. The van der Waals surface area contributed by atoms with Crippen LogP contribution in [-0.4, -0.2) is 4.57 Å². The summed E-state index contributed by atoms with van der Waals surface area (Å²) in [6.07, 6.45) is 2.48. The van der Waals surface area contributed by atoms with Crippen LogP contribution in [0.2, 0.25) is 0 Å². The average molecular weight is 261 g/mol. The molecule has 1 aliphatic rings. The zero-order chi connectivity index (χ0) is 13.7. The van der Waals surface area contributed by atoms with Crippen LogP contribution in [0.1, 0.15) is 23.2 Å². The molecule has 2 heterocycles. The fourth-order valence-electron chi connectivity index (χ4n) is 3.73. The Morgan fingerprint density at radius 2 is 1.80 bits per heavy atom. The van der Waals surface area contributed by atoms with Gasteiger partial charge in [-0.15, -0.1) is 0 Å². The average Bonchev–Trinajstić information content (AvgIpc) is 2.74. The van der Waals surface area contributed by atoms with Gasteiger partial charge in [0.05, 0.1) is 5.52 Å². The highest BCUT2D eigenvalue weighted by Gasteiger charge is 2.20. The highest BCUT2D eigenvalue weighted by molar-refractivity contribution is 6.00. The van der Waals surface area contributed by atoms with Gasteiger partial charge in [-0.2, -0.15) is 0 Å². The number of aryl methyl sites for hydroxylation is 3. The summed E-state index contributed by atoms with van der Waals surface area (Å²) in [5.74, 6) is 0. The summed E-state index contributed by atoms with van der Waals surface area (Å²) in [4.78, 5) is 0. The lowest BCUT2D eigenvalue weighted by molar-refractivity contribution is 0.623. The van der Waals surface area contributed by atoms with Crippen LogP contribution >= 0.6 is 0 Å². The van der Waals surface area contributed by atoms with E-state index in [9.17, 15) is 0 Å². The second kappa shape index (κ2) is 4.24. The number of rotatable bonds is 1. The van der Waals surface area contributed by atoms with Crippen molar-refractivity contribution in [2.75, 3.05) is 0 Å². The van der Waals surface area contributed by atoms with Crippen molar-refractivity contribution in [2.45, 2.75) is 33.2 Å². The Balaban J connectivity index is 2.15. The molecular weight excluding hydrogens is 242 g/mol. The summed E-state index contributed by atoms with van der Waals surface area (Å²) in [5, 5.41) is 1.43. The summed E-state index contributed by atoms with van der Waals surface area (Å²) in [6, 6.07) is 15.5. The van der Waals surface area contributed by atoms with Crippen LogP contribution in [0, 0.1) is 13.8 Å². The molecule has 0 bridgehead atoms. The zero-order valence-corrected chi connectivity index (χ0v) is 12.1. The number of hydrogen-bond acceptors (Lipinski definition) is 0. The van der Waals surface area contributed by atoms with Crippen molar-refractivity contribution >= 4 is 10.9 Å². The molecule has 100 valence electrons. The van der Waals surface area contributed by atoms with E-state index in [1.165, 1.54) is 51.7 Å². The molecule has 1 heteroatoms. The van der Waals surface area contributed by atoms with Gasteiger partial charge in [0.1, 0.15) is 0 Å². The normalized spacial score (nSPS) is 13.9. The van der Waals surface area contributed by atoms with Crippen LogP contribution in [0.15, 0.2) is 42.5 Å². The van der Waals surface area contributed by atoms with E-state index in [0.717, 1.165) is 6.54 Å². The lowest BCUT2D eigenvalue weighted by atomic mass is 9.97. The summed E-state index contributed by atoms with van der Waals surface area (Å²) < 4.78 is 2.52. The quantitative estimate of drug-likeness (QED) is 0.589. The highest BCUT2D eigenvalue weighted by Crippen LogP contribution is 2.39. The van der Waals surface area contributed by atoms with Gasteiger partial charge in [-0.25, -0.2) is 0 Å². The minimum absolute atomic E-state index is 1.16. The zero-order valence-electron chi connectivity index (χ0n) is 12.1. The van der Waals surface area contributed by atoms with Crippen LogP contribution in [-0.2, 0) is 13.0 Å². The van der Waals surface area contributed by atoms with E-state index in [1.807, 2.05) is 0 Å². The molecule has 1 nitrogen and oxygen atoms in total. The molecule has 2 aromatic carbocycles. The lowest BCUT2D eigenvalue weighted by Crippen LogP contribution is -2.08. The van der Waals surface area contributed by atoms with Gasteiger partial charge >= 0.3 is 0 Å². The Hall–Kier alpha value is -2.02. The Bertz CT molecular complexity index is 794. The minimum Gasteiger partial charge on any atom is -0.344 e. The van der Waals surface area contributed by atoms with Crippen molar-refractivity contribution in [1.29, 1.82) is 0 Å². The van der Waals surface area contributed by atoms with E-state index in [1.54, 1.807) is 0 Å². The third kappa shape index (κ3) is 1.56. The molecule has 3 aromatic rings. The highest BCUT2D eigenvalue weighted by atomic mass is 15.0. The molecule has 0 saturated carbocycles. The van der Waals surface area contributed by atoms with E-state index in [4.69, 9.17) is 0 Å². The third-order valence-electron chi connectivity index (χ3n) is 4.53. The molecule has 0 atom stereocenters. The molecule has 0 radical (unpaired) electrons. The van der Waals surface area contributed by atoms with Gasteiger partial charge in [0, 0.05) is 23.2 Å². The van der Waals surface area contributed by atoms with Gasteiger partial charge in [-0.3, -0.25) is 0 Å². The van der Waals surface area contributed by atoms with Gasteiger partial charge in [0.25, 0.3) is 0 Å². The van der Waals surface area contributed by atoms with Crippen molar-refractivity contribution < 1.29 is 0 Å². The molecule has 0 N–H and O–H groups in total. The molecule has 0 spiro atoms. The summed E-state index contributed by atoms with van der Waals surface area (Å²) >= 11 is 0. The first-order valence-electron chi connectivity index (χ1n) is 7.43. The van der Waals surface area contributed by atoms with Gasteiger partial charge in [-0.1, -0.05) is 42.0 Å². The van der Waals surface area contributed by atoms with E-state index in [2.05, 4.69) is 60.9 Å². The molecule has 20 heavy (non-hydrogen) atoms. The van der Waals surface area contributed by atoms with Gasteiger partial charge in [0.15, 0.2) is 0 Å². The fourth-order valence-corrected chi connectivity index (χ4v) is 3.73. The smallest absolute Gasteiger partial charge is 0.0521 e. The first-order chi connectivity index (χ1) is 9.75. The molecule has 4 rings (SSSR count). The van der Waals surface area contributed by atoms with Gasteiger partial charge in [0.2, 0.25) is 0 Å². The van der Waals surface area contributed by atoms with Crippen LogP contribution < -0.4 is 0 Å². The Morgan fingerprint density at radius 3 is 2.60 bits per heavy atom. The largest absolute Gasteiger partial charge is 0.344 e. The lowest BCUT2D eigenvalue weighted by Gasteiger charge is -2.17. The maximum Gasteiger partial charge on any atom is 0.0521 e.